The molecule has 0 fully saturated rings. The topological polar surface area (TPSA) is 64.3 Å². The van der Waals surface area contributed by atoms with Crippen molar-refractivity contribution in [1.29, 1.82) is 0 Å². The minimum Gasteiger partial charge on any atom is -0.374 e. The standard InChI is InChI=1S/C16H21FN2O2/c1-4-21-16(2,3)11-19-15(20)13-8-7-12(6-5-9-18)10-14(13)17/h7-8,10H,4,9,11,18H2,1-3H3,(H,19,20). The number of hydrogen-bond donors (Lipinski definition) is 2. The molecule has 1 amide bonds. The number of hydrogen-bond acceptors (Lipinski definition) is 3. The third-order valence-electron chi connectivity index (χ3n) is 2.76. The maximum absolute atomic E-state index is 13.9. The first-order valence-electron chi connectivity index (χ1n) is 6.80. The van der Waals surface area contributed by atoms with Gasteiger partial charge in [0.25, 0.3) is 5.91 Å². The molecule has 1 aromatic rings. The Labute approximate surface area is 124 Å². The Morgan fingerprint density at radius 1 is 1.48 bits per heavy atom. The van der Waals surface area contributed by atoms with Crippen molar-refractivity contribution in [2.75, 3.05) is 19.7 Å². The summed E-state index contributed by atoms with van der Waals surface area (Å²) in [6.45, 7) is 6.65. The molecule has 0 atom stereocenters. The van der Waals surface area contributed by atoms with Crippen molar-refractivity contribution in [2.24, 2.45) is 5.73 Å². The molecular weight excluding hydrogens is 271 g/mol. The van der Waals surface area contributed by atoms with E-state index in [1.807, 2.05) is 20.8 Å². The van der Waals surface area contributed by atoms with Gasteiger partial charge in [-0.15, -0.1) is 0 Å². The monoisotopic (exact) mass is 292 g/mol. The van der Waals surface area contributed by atoms with Gasteiger partial charge in [-0.1, -0.05) is 11.8 Å². The molecule has 0 radical (unpaired) electrons. The van der Waals surface area contributed by atoms with Crippen molar-refractivity contribution in [3.8, 4) is 11.8 Å². The minimum absolute atomic E-state index is 0.0133. The maximum atomic E-state index is 13.9. The fourth-order valence-corrected chi connectivity index (χ4v) is 1.76. The van der Waals surface area contributed by atoms with Gasteiger partial charge in [0.1, 0.15) is 5.82 Å². The number of rotatable bonds is 5. The third kappa shape index (κ3) is 5.54. The van der Waals surface area contributed by atoms with Crippen molar-refractivity contribution in [3.05, 3.63) is 35.1 Å². The number of ether oxygens (including phenoxy) is 1. The van der Waals surface area contributed by atoms with Gasteiger partial charge in [-0.3, -0.25) is 4.79 Å². The molecule has 0 saturated carbocycles. The first-order chi connectivity index (χ1) is 9.89. The minimum atomic E-state index is -0.606. The molecule has 0 aliphatic heterocycles. The summed E-state index contributed by atoms with van der Waals surface area (Å²) in [5.41, 5.74) is 5.24. The molecule has 5 heteroatoms. The molecule has 0 aliphatic rings. The molecule has 114 valence electrons. The van der Waals surface area contributed by atoms with Crippen LogP contribution in [0.25, 0.3) is 0 Å². The highest BCUT2D eigenvalue weighted by Crippen LogP contribution is 2.11. The molecule has 3 N–H and O–H groups in total. The normalized spacial score (nSPS) is 10.7. The Hall–Kier alpha value is -1.90. The molecule has 1 rings (SSSR count). The molecule has 0 aliphatic carbocycles. The molecule has 0 aromatic heterocycles. The summed E-state index contributed by atoms with van der Waals surface area (Å²) < 4.78 is 19.4. The molecule has 1 aromatic carbocycles. The zero-order valence-electron chi connectivity index (χ0n) is 12.6. The molecule has 0 heterocycles. The number of amides is 1. The highest BCUT2D eigenvalue weighted by atomic mass is 19.1. The lowest BCUT2D eigenvalue weighted by Crippen LogP contribution is -2.40. The van der Waals surface area contributed by atoms with Gasteiger partial charge < -0.3 is 15.8 Å². The van der Waals surface area contributed by atoms with E-state index in [4.69, 9.17) is 10.5 Å². The number of halogens is 1. The molecule has 0 unspecified atom stereocenters. The van der Waals surface area contributed by atoms with Crippen LogP contribution in [0.5, 0.6) is 0 Å². The summed E-state index contributed by atoms with van der Waals surface area (Å²) in [4.78, 5) is 12.0. The average molecular weight is 292 g/mol. The largest absolute Gasteiger partial charge is 0.374 e. The highest BCUT2D eigenvalue weighted by Gasteiger charge is 2.20. The first kappa shape index (κ1) is 17.2. The van der Waals surface area contributed by atoms with Crippen LogP contribution in [0.15, 0.2) is 18.2 Å². The Morgan fingerprint density at radius 2 is 2.19 bits per heavy atom. The lowest BCUT2D eigenvalue weighted by Gasteiger charge is -2.24. The lowest BCUT2D eigenvalue weighted by molar-refractivity contribution is -0.00818. The predicted molar refractivity (Wildman–Crippen MR) is 80.4 cm³/mol. The summed E-state index contributed by atoms with van der Waals surface area (Å²) in [6.07, 6.45) is 0. The van der Waals surface area contributed by atoms with Crippen LogP contribution in [0.2, 0.25) is 0 Å². The van der Waals surface area contributed by atoms with Gasteiger partial charge >= 0.3 is 0 Å². The molecule has 0 spiro atoms. The van der Waals surface area contributed by atoms with Gasteiger partial charge in [0.2, 0.25) is 0 Å². The Kier molecular flexibility index (Phi) is 6.35. The van der Waals surface area contributed by atoms with Crippen LogP contribution in [0.3, 0.4) is 0 Å². The van der Waals surface area contributed by atoms with E-state index in [0.29, 0.717) is 18.7 Å². The van der Waals surface area contributed by atoms with Gasteiger partial charge in [0.05, 0.1) is 17.7 Å². The van der Waals surface area contributed by atoms with Gasteiger partial charge in [-0.25, -0.2) is 4.39 Å². The van der Waals surface area contributed by atoms with Gasteiger partial charge in [-0.05, 0) is 39.0 Å². The Morgan fingerprint density at radius 3 is 2.76 bits per heavy atom. The summed E-state index contributed by atoms with van der Waals surface area (Å²) in [6, 6.07) is 4.23. The highest BCUT2D eigenvalue weighted by molar-refractivity contribution is 5.94. The SMILES string of the molecule is CCOC(C)(C)CNC(=O)c1ccc(C#CCN)cc1F. The van der Waals surface area contributed by atoms with E-state index < -0.39 is 17.3 Å². The average Bonchev–Trinajstić information content (AvgIpc) is 2.42. The van der Waals surface area contributed by atoms with Gasteiger partial charge in [-0.2, -0.15) is 0 Å². The van der Waals surface area contributed by atoms with E-state index in [1.54, 1.807) is 6.07 Å². The first-order valence-corrected chi connectivity index (χ1v) is 6.80. The van der Waals surface area contributed by atoms with E-state index in [-0.39, 0.29) is 12.1 Å². The Balaban J connectivity index is 2.75. The fraction of sp³-hybridized carbons (Fsp3) is 0.438. The maximum Gasteiger partial charge on any atom is 0.254 e. The number of nitrogens with one attached hydrogen (secondary N) is 1. The van der Waals surface area contributed by atoms with Crippen LogP contribution >= 0.6 is 0 Å². The Bertz CT molecular complexity index is 559. The number of benzene rings is 1. The van der Waals surface area contributed by atoms with E-state index in [0.717, 1.165) is 0 Å². The van der Waals surface area contributed by atoms with Crippen LogP contribution in [-0.2, 0) is 4.74 Å². The third-order valence-corrected chi connectivity index (χ3v) is 2.76. The van der Waals surface area contributed by atoms with Crippen LogP contribution in [0.4, 0.5) is 4.39 Å². The second-order valence-electron chi connectivity index (χ2n) is 5.08. The summed E-state index contributed by atoms with van der Waals surface area (Å²) in [5.74, 6) is 4.27. The zero-order valence-corrected chi connectivity index (χ0v) is 12.6. The van der Waals surface area contributed by atoms with Gasteiger partial charge in [0, 0.05) is 18.7 Å². The van der Waals surface area contributed by atoms with Crippen LogP contribution in [0, 0.1) is 17.7 Å². The second kappa shape index (κ2) is 7.77. The molecule has 21 heavy (non-hydrogen) atoms. The van der Waals surface area contributed by atoms with Crippen molar-refractivity contribution in [3.63, 3.8) is 0 Å². The van der Waals surface area contributed by atoms with E-state index in [9.17, 15) is 9.18 Å². The van der Waals surface area contributed by atoms with E-state index >= 15 is 0 Å². The number of nitrogens with two attached hydrogens (primary N) is 1. The fourth-order valence-electron chi connectivity index (χ4n) is 1.76. The van der Waals surface area contributed by atoms with Crippen molar-refractivity contribution < 1.29 is 13.9 Å². The van der Waals surface area contributed by atoms with Crippen LogP contribution in [0.1, 0.15) is 36.7 Å². The predicted octanol–water partition coefficient (Wildman–Crippen LogP) is 1.68. The molecule has 0 saturated heterocycles. The number of carbonyl (C=O) groups is 1. The smallest absolute Gasteiger partial charge is 0.254 e. The van der Waals surface area contributed by atoms with Crippen molar-refractivity contribution >= 4 is 5.91 Å². The zero-order chi connectivity index (χ0) is 15.9. The van der Waals surface area contributed by atoms with E-state index in [1.165, 1.54) is 12.1 Å². The van der Waals surface area contributed by atoms with Crippen molar-refractivity contribution in [1.82, 2.24) is 5.32 Å². The summed E-state index contributed by atoms with van der Waals surface area (Å²) in [7, 11) is 0. The van der Waals surface area contributed by atoms with Gasteiger partial charge in [0.15, 0.2) is 0 Å². The van der Waals surface area contributed by atoms with E-state index in [2.05, 4.69) is 17.2 Å². The van der Waals surface area contributed by atoms with Crippen LogP contribution in [-0.4, -0.2) is 31.2 Å². The second-order valence-corrected chi connectivity index (χ2v) is 5.08. The summed E-state index contributed by atoms with van der Waals surface area (Å²) >= 11 is 0. The van der Waals surface area contributed by atoms with Crippen LogP contribution < -0.4 is 11.1 Å². The molecule has 0 bridgehead atoms. The lowest BCUT2D eigenvalue weighted by atomic mass is 10.1. The molecule has 4 nitrogen and oxygen atoms in total. The molecular formula is C16H21FN2O2. The quantitative estimate of drug-likeness (QED) is 0.812. The summed E-state index contributed by atoms with van der Waals surface area (Å²) in [5, 5.41) is 2.67. The number of carbonyl (C=O) groups excluding carboxylic acids is 1. The van der Waals surface area contributed by atoms with Crippen molar-refractivity contribution in [2.45, 2.75) is 26.4 Å².